The Kier molecular flexibility index (Phi) is 17.8. The molecule has 0 aromatic heterocycles. The summed E-state index contributed by atoms with van der Waals surface area (Å²) in [6, 6.07) is 8.71. The first kappa shape index (κ1) is 21.8. The van der Waals surface area contributed by atoms with Crippen LogP contribution < -0.4 is 0 Å². The first-order valence-electron chi connectivity index (χ1n) is 7.58. The number of ether oxygens (including phenoxy) is 4. The zero-order chi connectivity index (χ0) is 17.0. The van der Waals surface area contributed by atoms with Crippen molar-refractivity contribution in [3.8, 4) is 5.75 Å². The van der Waals surface area contributed by atoms with Gasteiger partial charge >= 0.3 is 0 Å². The molecule has 0 aliphatic rings. The Labute approximate surface area is 137 Å². The number of phenolic OH excluding ortho intramolecular Hbond substituents is 1. The Balaban J connectivity index is 0.000000568. The highest BCUT2D eigenvalue weighted by Gasteiger charge is 1.91. The topological polar surface area (TPSA) is 97.6 Å². The number of benzene rings is 1. The molecule has 0 aliphatic carbocycles. The lowest BCUT2D eigenvalue weighted by atomic mass is 10.3. The van der Waals surface area contributed by atoms with Crippen molar-refractivity contribution < 1.29 is 34.3 Å². The molecule has 0 aliphatic heterocycles. The summed E-state index contributed by atoms with van der Waals surface area (Å²) in [5.41, 5.74) is 0. The molecule has 3 N–H and O–H groups in total. The van der Waals surface area contributed by atoms with E-state index in [0.717, 1.165) is 0 Å². The van der Waals surface area contributed by atoms with Gasteiger partial charge in [-0.3, -0.25) is 0 Å². The molecule has 0 spiro atoms. The van der Waals surface area contributed by atoms with Crippen molar-refractivity contribution in [1.82, 2.24) is 0 Å². The summed E-state index contributed by atoms with van der Waals surface area (Å²) in [5, 5.41) is 25.5. The van der Waals surface area contributed by atoms with Crippen molar-refractivity contribution in [3.63, 3.8) is 0 Å². The number of aliphatic hydroxyl groups is 2. The minimum absolute atomic E-state index is 0.0386. The van der Waals surface area contributed by atoms with Gasteiger partial charge in [0.25, 0.3) is 0 Å². The molecule has 23 heavy (non-hydrogen) atoms. The van der Waals surface area contributed by atoms with Crippen molar-refractivity contribution >= 4 is 0 Å². The standard InChI is InChI=1S/C10H22O6.C6H6O/c11-1-3-13-5-7-15-9-10-16-8-6-14-4-2-12;7-6-4-2-1-3-5-6/h11-12H,1-10H2;1-5,7H. The van der Waals surface area contributed by atoms with Crippen molar-refractivity contribution in [2.45, 2.75) is 0 Å². The second-order valence-electron chi connectivity index (χ2n) is 4.23. The lowest BCUT2D eigenvalue weighted by Gasteiger charge is -2.06. The van der Waals surface area contributed by atoms with Crippen LogP contribution in [-0.4, -0.2) is 81.4 Å². The number of hydrogen-bond donors (Lipinski definition) is 3. The highest BCUT2D eigenvalue weighted by molar-refractivity contribution is 5.18. The van der Waals surface area contributed by atoms with Crippen LogP contribution in [0, 0.1) is 0 Å². The summed E-state index contributed by atoms with van der Waals surface area (Å²) in [6.07, 6.45) is 0. The van der Waals surface area contributed by atoms with Gasteiger partial charge in [0.2, 0.25) is 0 Å². The van der Waals surface area contributed by atoms with Gasteiger partial charge in [-0.25, -0.2) is 0 Å². The van der Waals surface area contributed by atoms with E-state index in [1.165, 1.54) is 0 Å². The predicted molar refractivity (Wildman–Crippen MR) is 85.6 cm³/mol. The molecule has 0 saturated heterocycles. The Hall–Kier alpha value is -1.22. The fourth-order valence-electron chi connectivity index (χ4n) is 1.32. The van der Waals surface area contributed by atoms with Crippen LogP contribution in [0.4, 0.5) is 0 Å². The number of aliphatic hydroxyl groups excluding tert-OH is 2. The maximum atomic E-state index is 8.63. The van der Waals surface area contributed by atoms with E-state index in [1.54, 1.807) is 24.3 Å². The van der Waals surface area contributed by atoms with Gasteiger partial charge in [0.1, 0.15) is 5.75 Å². The van der Waals surface area contributed by atoms with Crippen LogP contribution in [0.3, 0.4) is 0 Å². The molecule has 7 heteroatoms. The molecule has 0 atom stereocenters. The molecule has 0 bridgehead atoms. The Morgan fingerprint density at radius 3 is 1.17 bits per heavy atom. The third-order valence-corrected chi connectivity index (χ3v) is 2.34. The first-order chi connectivity index (χ1) is 11.3. The van der Waals surface area contributed by atoms with E-state index < -0.39 is 0 Å². The van der Waals surface area contributed by atoms with E-state index in [2.05, 4.69) is 0 Å². The molecular weight excluding hydrogens is 304 g/mol. The van der Waals surface area contributed by atoms with Crippen LogP contribution in [0.1, 0.15) is 0 Å². The smallest absolute Gasteiger partial charge is 0.115 e. The molecule has 1 rings (SSSR count). The average Bonchev–Trinajstić information content (AvgIpc) is 2.57. The van der Waals surface area contributed by atoms with Crippen LogP contribution in [-0.2, 0) is 18.9 Å². The van der Waals surface area contributed by atoms with Crippen LogP contribution in [0.5, 0.6) is 5.75 Å². The summed E-state index contributed by atoms with van der Waals surface area (Å²) in [7, 11) is 0. The molecule has 0 radical (unpaired) electrons. The number of aromatic hydroxyl groups is 1. The number of rotatable bonds is 13. The van der Waals surface area contributed by atoms with Crippen LogP contribution >= 0.6 is 0 Å². The zero-order valence-corrected chi connectivity index (χ0v) is 13.4. The van der Waals surface area contributed by atoms with Gasteiger partial charge in [-0.05, 0) is 12.1 Å². The van der Waals surface area contributed by atoms with Crippen LogP contribution in [0.15, 0.2) is 30.3 Å². The third kappa shape index (κ3) is 18.7. The lowest BCUT2D eigenvalue weighted by Crippen LogP contribution is -2.13. The summed E-state index contributed by atoms with van der Waals surface area (Å²) in [4.78, 5) is 0. The lowest BCUT2D eigenvalue weighted by molar-refractivity contribution is -0.00856. The molecule has 134 valence electrons. The highest BCUT2D eigenvalue weighted by Crippen LogP contribution is 2.02. The van der Waals surface area contributed by atoms with Crippen molar-refractivity contribution in [3.05, 3.63) is 30.3 Å². The second kappa shape index (κ2) is 18.8. The molecular formula is C16H28O7. The average molecular weight is 332 g/mol. The van der Waals surface area contributed by atoms with Gasteiger partial charge in [0.05, 0.1) is 66.1 Å². The predicted octanol–water partition coefficient (Wildman–Crippen LogP) is 0.430. The quantitative estimate of drug-likeness (QED) is 0.451. The molecule has 1 aromatic rings. The Morgan fingerprint density at radius 2 is 0.913 bits per heavy atom. The van der Waals surface area contributed by atoms with Gasteiger partial charge in [-0.2, -0.15) is 0 Å². The monoisotopic (exact) mass is 332 g/mol. The molecule has 1 aromatic carbocycles. The second-order valence-corrected chi connectivity index (χ2v) is 4.23. The molecule has 0 unspecified atom stereocenters. The van der Waals surface area contributed by atoms with E-state index in [9.17, 15) is 0 Å². The molecule has 0 amide bonds. The summed E-state index contributed by atoms with van der Waals surface area (Å²) >= 11 is 0. The van der Waals surface area contributed by atoms with E-state index in [4.69, 9.17) is 34.3 Å². The van der Waals surface area contributed by atoms with Gasteiger partial charge in [-0.1, -0.05) is 18.2 Å². The van der Waals surface area contributed by atoms with Gasteiger partial charge < -0.3 is 34.3 Å². The molecule has 7 nitrogen and oxygen atoms in total. The van der Waals surface area contributed by atoms with Crippen LogP contribution in [0.25, 0.3) is 0 Å². The molecule has 0 heterocycles. The molecule has 0 fully saturated rings. The van der Waals surface area contributed by atoms with E-state index >= 15 is 0 Å². The Morgan fingerprint density at radius 1 is 0.565 bits per heavy atom. The highest BCUT2D eigenvalue weighted by atomic mass is 16.6. The van der Waals surface area contributed by atoms with Crippen molar-refractivity contribution in [1.29, 1.82) is 0 Å². The fraction of sp³-hybridized carbons (Fsp3) is 0.625. The van der Waals surface area contributed by atoms with Crippen molar-refractivity contribution in [2.24, 2.45) is 0 Å². The Bertz CT molecular complexity index is 307. The molecule has 0 saturated carbocycles. The van der Waals surface area contributed by atoms with E-state index in [0.29, 0.717) is 58.6 Å². The summed E-state index contributed by atoms with van der Waals surface area (Å²) in [6.45, 7) is 3.79. The number of para-hydroxylation sites is 1. The van der Waals surface area contributed by atoms with E-state index in [1.807, 2.05) is 6.07 Å². The first-order valence-corrected chi connectivity index (χ1v) is 7.58. The van der Waals surface area contributed by atoms with Gasteiger partial charge in [-0.15, -0.1) is 0 Å². The fourth-order valence-corrected chi connectivity index (χ4v) is 1.32. The van der Waals surface area contributed by atoms with E-state index in [-0.39, 0.29) is 13.2 Å². The number of hydrogen-bond acceptors (Lipinski definition) is 7. The minimum Gasteiger partial charge on any atom is -0.508 e. The van der Waals surface area contributed by atoms with Gasteiger partial charge in [0, 0.05) is 0 Å². The summed E-state index contributed by atoms with van der Waals surface area (Å²) in [5.74, 6) is 0.322. The normalized spacial score (nSPS) is 10.2. The van der Waals surface area contributed by atoms with Crippen LogP contribution in [0.2, 0.25) is 0 Å². The maximum Gasteiger partial charge on any atom is 0.115 e. The third-order valence-electron chi connectivity index (χ3n) is 2.34. The van der Waals surface area contributed by atoms with Gasteiger partial charge in [0.15, 0.2) is 0 Å². The summed E-state index contributed by atoms with van der Waals surface area (Å²) < 4.78 is 20.4. The zero-order valence-electron chi connectivity index (χ0n) is 13.4. The van der Waals surface area contributed by atoms with Crippen molar-refractivity contribution in [2.75, 3.05) is 66.1 Å². The SMILES string of the molecule is OCCOCCOCCOCCOCCO.Oc1ccccc1. The maximum absolute atomic E-state index is 8.63. The number of phenols is 1. The largest absolute Gasteiger partial charge is 0.508 e. The minimum atomic E-state index is 0.0386.